The number of amides is 2. The monoisotopic (exact) mass is 629 g/mol. The predicted molar refractivity (Wildman–Crippen MR) is 175 cm³/mol. The first kappa shape index (κ1) is 33.1. The lowest BCUT2D eigenvalue weighted by molar-refractivity contribution is -0.140. The van der Waals surface area contributed by atoms with Gasteiger partial charge in [0.05, 0.1) is 24.8 Å². The zero-order valence-corrected chi connectivity index (χ0v) is 26.7. The number of carbonyl (C=O) groups excluding carboxylic acids is 2. The number of ether oxygens (including phenoxy) is 2. The molecule has 1 N–H and O–H groups in total. The van der Waals surface area contributed by atoms with Gasteiger partial charge in [0.15, 0.2) is 0 Å². The molecule has 0 radical (unpaired) electrons. The summed E-state index contributed by atoms with van der Waals surface area (Å²) in [6.45, 7) is 3.21. The van der Waals surface area contributed by atoms with Crippen molar-refractivity contribution < 1.29 is 27.5 Å². The number of para-hydroxylation sites is 1. The third-order valence-electron chi connectivity index (χ3n) is 7.16. The molecule has 10 heteroatoms. The van der Waals surface area contributed by atoms with Crippen molar-refractivity contribution in [3.63, 3.8) is 0 Å². The highest BCUT2D eigenvalue weighted by molar-refractivity contribution is 7.92. The van der Waals surface area contributed by atoms with Crippen LogP contribution < -0.4 is 19.1 Å². The summed E-state index contributed by atoms with van der Waals surface area (Å²) < 4.78 is 39.9. The predicted octanol–water partition coefficient (Wildman–Crippen LogP) is 5.06. The maximum absolute atomic E-state index is 14.5. The maximum atomic E-state index is 14.5. The Hall–Kier alpha value is -4.83. The highest BCUT2D eigenvalue weighted by atomic mass is 32.2. The Labute approximate surface area is 265 Å². The van der Waals surface area contributed by atoms with Gasteiger partial charge in [-0.05, 0) is 73.5 Å². The molecule has 236 valence electrons. The minimum absolute atomic E-state index is 0.00214. The molecule has 0 bridgehead atoms. The van der Waals surface area contributed by atoms with Crippen molar-refractivity contribution in [2.24, 2.45) is 0 Å². The lowest BCUT2D eigenvalue weighted by atomic mass is 10.0. The van der Waals surface area contributed by atoms with E-state index in [2.05, 4.69) is 5.32 Å². The molecule has 2 amide bonds. The molecule has 0 saturated carbocycles. The highest BCUT2D eigenvalue weighted by Crippen LogP contribution is 2.26. The Morgan fingerprint density at radius 1 is 0.756 bits per heavy atom. The Balaban J connectivity index is 1.79. The van der Waals surface area contributed by atoms with Crippen LogP contribution in [0, 0.1) is 0 Å². The Bertz CT molecular complexity index is 1660. The van der Waals surface area contributed by atoms with E-state index >= 15 is 0 Å². The topological polar surface area (TPSA) is 105 Å². The van der Waals surface area contributed by atoms with Crippen LogP contribution in [0.3, 0.4) is 0 Å². The molecule has 1 atom stereocenters. The summed E-state index contributed by atoms with van der Waals surface area (Å²) in [6, 6.07) is 30.0. The van der Waals surface area contributed by atoms with Crippen molar-refractivity contribution in [1.82, 2.24) is 10.2 Å². The second-order valence-electron chi connectivity index (χ2n) is 10.8. The minimum Gasteiger partial charge on any atom is -0.497 e. The smallest absolute Gasteiger partial charge is 0.264 e. The van der Waals surface area contributed by atoms with E-state index in [1.165, 1.54) is 24.1 Å². The molecule has 4 aromatic carbocycles. The molecule has 0 heterocycles. The number of rotatable bonds is 14. The first-order chi connectivity index (χ1) is 21.6. The Kier molecular flexibility index (Phi) is 11.2. The van der Waals surface area contributed by atoms with E-state index in [1.54, 1.807) is 61.7 Å². The van der Waals surface area contributed by atoms with Gasteiger partial charge in [-0.25, -0.2) is 8.42 Å². The standard InChI is InChI=1S/C35H39N3O6S/c1-26(2)36-35(40)33(23-27-12-7-5-8-13-27)37(24-28-14-11-17-31(22-28)44-4)34(39)25-38(29-15-9-6-10-16-29)45(41,42)32-20-18-30(43-3)19-21-32/h5-22,26,33H,23-25H2,1-4H3,(H,36,40)/t33-/m0/s1. The first-order valence-electron chi connectivity index (χ1n) is 14.6. The highest BCUT2D eigenvalue weighted by Gasteiger charge is 2.34. The van der Waals surface area contributed by atoms with Crippen LogP contribution in [0.2, 0.25) is 0 Å². The molecular weight excluding hydrogens is 590 g/mol. The summed E-state index contributed by atoms with van der Waals surface area (Å²) in [4.78, 5) is 29.7. The molecule has 0 aliphatic rings. The van der Waals surface area contributed by atoms with Crippen molar-refractivity contribution in [1.29, 1.82) is 0 Å². The van der Waals surface area contributed by atoms with Crippen molar-refractivity contribution >= 4 is 27.5 Å². The molecule has 0 unspecified atom stereocenters. The lowest BCUT2D eigenvalue weighted by Gasteiger charge is -2.34. The van der Waals surface area contributed by atoms with Gasteiger partial charge in [0, 0.05) is 19.0 Å². The van der Waals surface area contributed by atoms with Gasteiger partial charge in [0.1, 0.15) is 24.1 Å². The van der Waals surface area contributed by atoms with Crippen LogP contribution in [-0.4, -0.2) is 58.0 Å². The van der Waals surface area contributed by atoms with Crippen LogP contribution in [0.25, 0.3) is 0 Å². The molecule has 0 aliphatic heterocycles. The van der Waals surface area contributed by atoms with Crippen LogP contribution >= 0.6 is 0 Å². The molecule has 0 saturated heterocycles. The van der Waals surface area contributed by atoms with E-state index in [1.807, 2.05) is 56.3 Å². The van der Waals surface area contributed by atoms with E-state index in [9.17, 15) is 18.0 Å². The molecule has 0 aliphatic carbocycles. The molecule has 9 nitrogen and oxygen atoms in total. The van der Waals surface area contributed by atoms with Crippen molar-refractivity contribution in [3.05, 3.63) is 120 Å². The van der Waals surface area contributed by atoms with Crippen LogP contribution in [-0.2, 0) is 32.6 Å². The Morgan fingerprint density at radius 3 is 1.96 bits per heavy atom. The van der Waals surface area contributed by atoms with Crippen LogP contribution in [0.1, 0.15) is 25.0 Å². The number of carbonyl (C=O) groups is 2. The zero-order chi connectivity index (χ0) is 32.4. The van der Waals surface area contributed by atoms with E-state index in [0.717, 1.165) is 15.4 Å². The van der Waals surface area contributed by atoms with E-state index < -0.39 is 28.5 Å². The van der Waals surface area contributed by atoms with E-state index in [4.69, 9.17) is 9.47 Å². The average molecular weight is 630 g/mol. The zero-order valence-electron chi connectivity index (χ0n) is 25.9. The fraction of sp³-hybridized carbons (Fsp3) is 0.257. The van der Waals surface area contributed by atoms with Crippen LogP contribution in [0.4, 0.5) is 5.69 Å². The van der Waals surface area contributed by atoms with Gasteiger partial charge in [0.25, 0.3) is 10.0 Å². The fourth-order valence-electron chi connectivity index (χ4n) is 4.90. The molecule has 0 aromatic heterocycles. The summed E-state index contributed by atoms with van der Waals surface area (Å²) in [5, 5.41) is 2.96. The van der Waals surface area contributed by atoms with Crippen molar-refractivity contribution in [3.8, 4) is 11.5 Å². The third-order valence-corrected chi connectivity index (χ3v) is 8.95. The maximum Gasteiger partial charge on any atom is 0.264 e. The second-order valence-corrected chi connectivity index (χ2v) is 12.6. The van der Waals surface area contributed by atoms with Crippen molar-refractivity contribution in [2.45, 2.75) is 43.8 Å². The van der Waals surface area contributed by atoms with Crippen LogP contribution in [0.15, 0.2) is 114 Å². The summed E-state index contributed by atoms with van der Waals surface area (Å²) in [5.41, 5.74) is 1.90. The van der Waals surface area contributed by atoms with Gasteiger partial charge in [-0.15, -0.1) is 0 Å². The number of anilines is 1. The van der Waals surface area contributed by atoms with Gasteiger partial charge >= 0.3 is 0 Å². The molecule has 4 rings (SSSR count). The molecule has 45 heavy (non-hydrogen) atoms. The molecule has 4 aromatic rings. The van der Waals surface area contributed by atoms with Gasteiger partial charge < -0.3 is 19.7 Å². The second kappa shape index (κ2) is 15.3. The van der Waals surface area contributed by atoms with Crippen LogP contribution in [0.5, 0.6) is 11.5 Å². The number of nitrogens with zero attached hydrogens (tertiary/aromatic N) is 2. The first-order valence-corrected chi connectivity index (χ1v) is 16.0. The Morgan fingerprint density at radius 2 is 1.36 bits per heavy atom. The largest absolute Gasteiger partial charge is 0.497 e. The minimum atomic E-state index is -4.21. The SMILES string of the molecule is COc1ccc(S(=O)(=O)N(CC(=O)N(Cc2cccc(OC)c2)[C@@H](Cc2ccccc2)C(=O)NC(C)C)c2ccccc2)cc1. The van der Waals surface area contributed by atoms with E-state index in [-0.39, 0.29) is 29.8 Å². The number of methoxy groups -OCH3 is 2. The van der Waals surface area contributed by atoms with E-state index in [0.29, 0.717) is 17.2 Å². The summed E-state index contributed by atoms with van der Waals surface area (Å²) in [5.74, 6) is 0.216. The summed E-state index contributed by atoms with van der Waals surface area (Å²) in [7, 11) is -1.15. The number of hydrogen-bond acceptors (Lipinski definition) is 6. The quantitative estimate of drug-likeness (QED) is 0.209. The molecule has 0 fully saturated rings. The number of benzene rings is 4. The fourth-order valence-corrected chi connectivity index (χ4v) is 6.31. The number of nitrogens with one attached hydrogen (secondary N) is 1. The number of hydrogen-bond donors (Lipinski definition) is 1. The lowest BCUT2D eigenvalue weighted by Crippen LogP contribution is -2.54. The van der Waals surface area contributed by atoms with Gasteiger partial charge in [-0.2, -0.15) is 0 Å². The van der Waals surface area contributed by atoms with Gasteiger partial charge in [-0.3, -0.25) is 13.9 Å². The molecular formula is C35H39N3O6S. The summed E-state index contributed by atoms with van der Waals surface area (Å²) >= 11 is 0. The summed E-state index contributed by atoms with van der Waals surface area (Å²) in [6.07, 6.45) is 0.228. The normalized spacial score (nSPS) is 11.8. The molecule has 0 spiro atoms. The van der Waals surface area contributed by atoms with Gasteiger partial charge in [-0.1, -0.05) is 60.7 Å². The van der Waals surface area contributed by atoms with Crippen molar-refractivity contribution in [2.75, 3.05) is 25.1 Å². The third kappa shape index (κ3) is 8.63. The average Bonchev–Trinajstić information content (AvgIpc) is 3.05. The van der Waals surface area contributed by atoms with Gasteiger partial charge in [0.2, 0.25) is 11.8 Å². The number of sulfonamides is 1.